The topological polar surface area (TPSA) is 168 Å². The van der Waals surface area contributed by atoms with Crippen LogP contribution in [0.3, 0.4) is 0 Å². The third-order valence-corrected chi connectivity index (χ3v) is 9.59. The number of hydrogen-bond acceptors (Lipinski definition) is 8. The first-order valence-corrected chi connectivity index (χ1v) is 16.2. The minimum Gasteiger partial charge on any atom is -0.479 e. The molecule has 0 bridgehead atoms. The highest BCUT2D eigenvalue weighted by atomic mass is 32.2. The number of carboxylic acids is 1. The van der Waals surface area contributed by atoms with Gasteiger partial charge in [0.05, 0.1) is 22.7 Å². The van der Waals surface area contributed by atoms with Gasteiger partial charge in [-0.25, -0.2) is 27.2 Å². The van der Waals surface area contributed by atoms with Crippen molar-refractivity contribution in [3.63, 3.8) is 0 Å². The van der Waals surface area contributed by atoms with E-state index in [0.29, 0.717) is 0 Å². The number of methoxy groups -OCH3 is 1. The van der Waals surface area contributed by atoms with E-state index in [9.17, 15) is 32.7 Å². The maximum absolute atomic E-state index is 15.4. The summed E-state index contributed by atoms with van der Waals surface area (Å²) in [7, 11) is -3.01. The molecule has 0 unspecified atom stereocenters. The van der Waals surface area contributed by atoms with Crippen LogP contribution in [-0.2, 0) is 33.7 Å². The zero-order chi connectivity index (χ0) is 34.5. The fourth-order valence-corrected chi connectivity index (χ4v) is 7.41. The molecule has 250 valence electrons. The summed E-state index contributed by atoms with van der Waals surface area (Å²) in [5, 5.41) is 12.8. The summed E-state index contributed by atoms with van der Waals surface area (Å²) in [6.45, 7) is 4.14. The number of nitrogens with zero attached hydrogens (tertiary/aromatic N) is 1. The number of nitrogens with one attached hydrogen (secondary N) is 2. The number of amides is 3. The summed E-state index contributed by atoms with van der Waals surface area (Å²) in [5.41, 5.74) is -0.666. The zero-order valence-corrected chi connectivity index (χ0v) is 27.0. The van der Waals surface area contributed by atoms with Crippen LogP contribution in [0.15, 0.2) is 83.8 Å². The molecular weight excluding hydrogens is 633 g/mol. The van der Waals surface area contributed by atoms with Crippen LogP contribution >= 0.6 is 0 Å². The number of urea groups is 1. The number of carboxylic acid groups (broad SMARTS) is 1. The van der Waals surface area contributed by atoms with E-state index in [1.807, 2.05) is 0 Å². The van der Waals surface area contributed by atoms with E-state index >= 15 is 4.39 Å². The molecule has 4 atom stereocenters. The van der Waals surface area contributed by atoms with Gasteiger partial charge in [0.15, 0.2) is 15.9 Å². The highest BCUT2D eigenvalue weighted by Crippen LogP contribution is 2.44. The van der Waals surface area contributed by atoms with Gasteiger partial charge in [-0.1, -0.05) is 48.5 Å². The van der Waals surface area contributed by atoms with E-state index in [1.165, 1.54) is 73.8 Å². The molecule has 1 aliphatic rings. The number of carbonyl (C=O) groups is 4. The van der Waals surface area contributed by atoms with Crippen LogP contribution in [0.5, 0.6) is 0 Å². The number of hydrogen-bond donors (Lipinski definition) is 3. The van der Waals surface area contributed by atoms with Crippen LogP contribution in [0.2, 0.25) is 0 Å². The van der Waals surface area contributed by atoms with Gasteiger partial charge in [0.2, 0.25) is 5.91 Å². The summed E-state index contributed by atoms with van der Waals surface area (Å²) in [6.07, 6.45) is -1.67. The molecule has 0 aliphatic carbocycles. The minimum absolute atomic E-state index is 0.0677. The fourth-order valence-electron chi connectivity index (χ4n) is 5.47. The lowest BCUT2D eigenvalue weighted by Crippen LogP contribution is -2.49. The number of ether oxygens (including phenoxy) is 2. The van der Waals surface area contributed by atoms with E-state index < -0.39 is 75.1 Å². The Labute approximate surface area is 271 Å². The molecule has 1 saturated heterocycles. The number of likely N-dealkylation sites (tertiary alicyclic amines) is 1. The molecule has 1 fully saturated rings. The van der Waals surface area contributed by atoms with Crippen molar-refractivity contribution in [2.75, 3.05) is 19.0 Å². The molecule has 3 aromatic carbocycles. The van der Waals surface area contributed by atoms with Crippen molar-refractivity contribution in [3.8, 4) is 0 Å². The van der Waals surface area contributed by atoms with Crippen molar-refractivity contribution in [2.45, 2.75) is 61.1 Å². The van der Waals surface area contributed by atoms with Crippen LogP contribution in [-0.4, -0.2) is 72.8 Å². The molecule has 12 nitrogen and oxygen atoms in total. The predicted molar refractivity (Wildman–Crippen MR) is 169 cm³/mol. The van der Waals surface area contributed by atoms with Gasteiger partial charge < -0.3 is 30.1 Å². The first-order valence-electron chi connectivity index (χ1n) is 14.6. The lowest BCUT2D eigenvalue weighted by atomic mass is 10.0. The molecule has 0 saturated carbocycles. The van der Waals surface area contributed by atoms with Crippen molar-refractivity contribution in [2.24, 2.45) is 0 Å². The Morgan fingerprint density at radius 3 is 2.28 bits per heavy atom. The molecule has 3 N–H and O–H groups in total. The van der Waals surface area contributed by atoms with Gasteiger partial charge in [-0.2, -0.15) is 0 Å². The Balaban J connectivity index is 1.67. The number of esters is 1. The third kappa shape index (κ3) is 8.13. The molecule has 1 heterocycles. The molecule has 4 rings (SSSR count). The van der Waals surface area contributed by atoms with Crippen molar-refractivity contribution in [1.29, 1.82) is 0 Å². The summed E-state index contributed by atoms with van der Waals surface area (Å²) < 4.78 is 54.0. The van der Waals surface area contributed by atoms with Gasteiger partial charge in [-0.15, -0.1) is 0 Å². The van der Waals surface area contributed by atoms with E-state index in [1.54, 1.807) is 26.8 Å². The van der Waals surface area contributed by atoms with Crippen molar-refractivity contribution in [1.82, 2.24) is 10.2 Å². The monoisotopic (exact) mass is 669 g/mol. The standard InChI is InChI=1S/C33H36FN3O9S/c1-33(2,3)46-31(41)25-18-26(47(43,44)22-13-6-5-7-14-22)28(23-15-8-9-16-24(23)34)37(25)27(38)19-35-32(42)36-21-12-10-11-20(17-21)29(45-4)30(39)40/h5-17,25-26,28-29H,18-19H2,1-4H3,(H,39,40)(H2,35,36,42)/t25-,26+,28-,29+/m1/s1. The second-order valence-corrected chi connectivity index (χ2v) is 14.0. The van der Waals surface area contributed by atoms with Gasteiger partial charge in [0.1, 0.15) is 17.5 Å². The lowest BCUT2D eigenvalue weighted by Gasteiger charge is -2.32. The Kier molecular flexibility index (Phi) is 10.7. The summed E-state index contributed by atoms with van der Waals surface area (Å²) in [5.74, 6) is -3.77. The largest absolute Gasteiger partial charge is 0.479 e. The van der Waals surface area contributed by atoms with Crippen molar-refractivity contribution in [3.05, 3.63) is 95.8 Å². The lowest BCUT2D eigenvalue weighted by molar-refractivity contribution is -0.164. The summed E-state index contributed by atoms with van der Waals surface area (Å²) >= 11 is 0. The van der Waals surface area contributed by atoms with Crippen LogP contribution in [0.25, 0.3) is 0 Å². The van der Waals surface area contributed by atoms with Gasteiger partial charge >= 0.3 is 18.0 Å². The smallest absolute Gasteiger partial charge is 0.337 e. The molecule has 0 spiro atoms. The molecule has 3 aromatic rings. The van der Waals surface area contributed by atoms with E-state index in [4.69, 9.17) is 9.47 Å². The van der Waals surface area contributed by atoms with Crippen LogP contribution in [0.4, 0.5) is 14.9 Å². The molecule has 0 aromatic heterocycles. The van der Waals surface area contributed by atoms with Crippen LogP contribution < -0.4 is 10.6 Å². The summed E-state index contributed by atoms with van der Waals surface area (Å²) in [4.78, 5) is 52.7. The highest BCUT2D eigenvalue weighted by Gasteiger charge is 2.54. The van der Waals surface area contributed by atoms with Gasteiger partial charge in [0.25, 0.3) is 0 Å². The number of carbonyl (C=O) groups excluding carboxylic acids is 3. The first-order chi connectivity index (χ1) is 22.1. The number of rotatable bonds is 10. The predicted octanol–water partition coefficient (Wildman–Crippen LogP) is 4.25. The maximum Gasteiger partial charge on any atom is 0.337 e. The highest BCUT2D eigenvalue weighted by molar-refractivity contribution is 7.92. The molecule has 47 heavy (non-hydrogen) atoms. The molecule has 14 heteroatoms. The zero-order valence-electron chi connectivity index (χ0n) is 26.2. The molecule has 1 aliphatic heterocycles. The third-order valence-electron chi connectivity index (χ3n) is 7.41. The number of aliphatic carboxylic acids is 1. The van der Waals surface area contributed by atoms with Gasteiger partial charge in [0, 0.05) is 18.4 Å². The molecular formula is C33H36FN3O9S. The maximum atomic E-state index is 15.4. The minimum atomic E-state index is -4.24. The Morgan fingerprint density at radius 2 is 1.66 bits per heavy atom. The average molecular weight is 670 g/mol. The fraction of sp³-hybridized carbons (Fsp3) is 0.333. The van der Waals surface area contributed by atoms with Crippen LogP contribution in [0.1, 0.15) is 50.5 Å². The number of sulfone groups is 1. The van der Waals surface area contributed by atoms with Crippen LogP contribution in [0, 0.1) is 5.82 Å². The quantitative estimate of drug-likeness (QED) is 0.267. The molecule has 0 radical (unpaired) electrons. The molecule has 3 amide bonds. The van der Waals surface area contributed by atoms with E-state index in [0.717, 1.165) is 11.0 Å². The Morgan fingerprint density at radius 1 is 1.00 bits per heavy atom. The van der Waals surface area contributed by atoms with Gasteiger partial charge in [-0.3, -0.25) is 4.79 Å². The average Bonchev–Trinajstić information content (AvgIpc) is 3.42. The first kappa shape index (κ1) is 35.0. The normalized spacial score (nSPS) is 18.7. The number of benzene rings is 3. The number of anilines is 1. The number of halogens is 1. The van der Waals surface area contributed by atoms with E-state index in [-0.39, 0.29) is 28.1 Å². The van der Waals surface area contributed by atoms with Crippen molar-refractivity contribution >= 4 is 39.4 Å². The second kappa shape index (κ2) is 14.3. The van der Waals surface area contributed by atoms with Crippen molar-refractivity contribution < 1.29 is 46.6 Å². The SMILES string of the molecule is CO[C@H](C(=O)O)c1cccc(NC(=O)NCC(=O)N2[C@@H](C(=O)OC(C)(C)C)C[C@H](S(=O)(=O)c3ccccc3)[C@H]2c2ccccc2F)c1. The Bertz CT molecular complexity index is 1750. The summed E-state index contributed by atoms with van der Waals surface area (Å²) in [6, 6.07) is 15.0. The second-order valence-electron chi connectivity index (χ2n) is 11.8. The van der Waals surface area contributed by atoms with Gasteiger partial charge in [-0.05, 0) is 63.1 Å². The van der Waals surface area contributed by atoms with E-state index in [2.05, 4.69) is 10.6 Å². The Hall–Kier alpha value is -4.82.